The zero-order chi connectivity index (χ0) is 19.6. The molecule has 4 amide bonds. The van der Waals surface area contributed by atoms with Crippen LogP contribution < -0.4 is 10.6 Å². The molecule has 3 rings (SSSR count). The third kappa shape index (κ3) is 3.51. The van der Waals surface area contributed by atoms with E-state index >= 15 is 0 Å². The Bertz CT molecular complexity index is 945. The molecule has 1 saturated heterocycles. The molecule has 2 N–H and O–H groups in total. The van der Waals surface area contributed by atoms with E-state index in [1.807, 2.05) is 25.1 Å². The normalized spacial score (nSPS) is 18.8. The van der Waals surface area contributed by atoms with Gasteiger partial charge in [0.05, 0.1) is 11.6 Å². The average Bonchev–Trinajstić information content (AvgIpc) is 2.88. The number of hydrogen-bond acceptors (Lipinski definition) is 4. The van der Waals surface area contributed by atoms with E-state index in [-0.39, 0.29) is 6.54 Å². The molecule has 0 saturated carbocycles. The molecule has 2 aromatic carbocycles. The number of carbonyl (C=O) groups excluding carboxylic acids is 3. The highest BCUT2D eigenvalue weighted by atomic mass is 16.2. The van der Waals surface area contributed by atoms with Gasteiger partial charge in [-0.1, -0.05) is 29.8 Å². The van der Waals surface area contributed by atoms with Crippen molar-refractivity contribution >= 4 is 23.5 Å². The molecule has 0 bridgehead atoms. The maximum atomic E-state index is 12.8. The van der Waals surface area contributed by atoms with Crippen LogP contribution in [0.25, 0.3) is 0 Å². The maximum absolute atomic E-state index is 12.8. The van der Waals surface area contributed by atoms with Crippen LogP contribution in [0.4, 0.5) is 10.5 Å². The number of urea groups is 1. The predicted molar refractivity (Wildman–Crippen MR) is 98.6 cm³/mol. The van der Waals surface area contributed by atoms with E-state index in [1.165, 1.54) is 0 Å². The molecule has 136 valence electrons. The highest BCUT2D eigenvalue weighted by Gasteiger charge is 2.49. The van der Waals surface area contributed by atoms with Crippen molar-refractivity contribution in [2.24, 2.45) is 0 Å². The Labute approximate surface area is 156 Å². The van der Waals surface area contributed by atoms with E-state index in [4.69, 9.17) is 5.26 Å². The first kappa shape index (κ1) is 18.1. The van der Waals surface area contributed by atoms with Crippen molar-refractivity contribution in [3.05, 3.63) is 65.2 Å². The lowest BCUT2D eigenvalue weighted by Crippen LogP contribution is -2.42. The Kier molecular flexibility index (Phi) is 4.65. The Hall–Kier alpha value is -3.66. The van der Waals surface area contributed by atoms with Gasteiger partial charge in [0.25, 0.3) is 5.91 Å². The number of nitrogens with one attached hydrogen (secondary N) is 2. The number of imide groups is 1. The summed E-state index contributed by atoms with van der Waals surface area (Å²) in [6.45, 7) is 3.12. The fraction of sp³-hybridized carbons (Fsp3) is 0.200. The first-order valence-corrected chi connectivity index (χ1v) is 8.35. The molecule has 0 spiro atoms. The van der Waals surface area contributed by atoms with Crippen molar-refractivity contribution in [1.29, 1.82) is 5.26 Å². The SMILES string of the molecule is Cc1ccc(NC(=O)CN2C(=O)NC(C)(c3ccc(C#N)cc3)C2=O)cc1. The van der Waals surface area contributed by atoms with Gasteiger partial charge in [-0.25, -0.2) is 4.79 Å². The van der Waals surface area contributed by atoms with Crippen LogP contribution >= 0.6 is 0 Å². The van der Waals surface area contributed by atoms with Gasteiger partial charge in [-0.15, -0.1) is 0 Å². The van der Waals surface area contributed by atoms with Crippen molar-refractivity contribution in [3.63, 3.8) is 0 Å². The van der Waals surface area contributed by atoms with E-state index in [2.05, 4.69) is 10.6 Å². The van der Waals surface area contributed by atoms with Gasteiger partial charge in [0.1, 0.15) is 12.1 Å². The minimum atomic E-state index is -1.28. The summed E-state index contributed by atoms with van der Waals surface area (Å²) in [6.07, 6.45) is 0. The Morgan fingerprint density at radius 1 is 1.15 bits per heavy atom. The number of aryl methyl sites for hydroxylation is 1. The topological polar surface area (TPSA) is 102 Å². The molecule has 1 aliphatic rings. The van der Waals surface area contributed by atoms with Gasteiger partial charge in [-0.2, -0.15) is 5.26 Å². The van der Waals surface area contributed by atoms with Crippen molar-refractivity contribution in [2.75, 3.05) is 11.9 Å². The van der Waals surface area contributed by atoms with Crippen LogP contribution in [0.1, 0.15) is 23.6 Å². The van der Waals surface area contributed by atoms with Gasteiger partial charge in [-0.3, -0.25) is 14.5 Å². The van der Waals surface area contributed by atoms with Gasteiger partial charge >= 0.3 is 6.03 Å². The van der Waals surface area contributed by atoms with E-state index < -0.39 is 23.4 Å². The summed E-state index contributed by atoms with van der Waals surface area (Å²) in [6, 6.07) is 15.0. The Morgan fingerprint density at radius 3 is 2.37 bits per heavy atom. The van der Waals surface area contributed by atoms with Crippen LogP contribution in [0.15, 0.2) is 48.5 Å². The molecule has 1 unspecified atom stereocenters. The number of nitrogens with zero attached hydrogens (tertiary/aromatic N) is 2. The maximum Gasteiger partial charge on any atom is 0.325 e. The molecule has 0 radical (unpaired) electrons. The van der Waals surface area contributed by atoms with Crippen LogP contribution in [0.5, 0.6) is 0 Å². The van der Waals surface area contributed by atoms with E-state index in [0.717, 1.165) is 10.5 Å². The second-order valence-corrected chi connectivity index (χ2v) is 6.55. The summed E-state index contributed by atoms with van der Waals surface area (Å²) in [5.41, 5.74) is 1.36. The van der Waals surface area contributed by atoms with Crippen molar-refractivity contribution in [3.8, 4) is 6.07 Å². The number of rotatable bonds is 4. The van der Waals surface area contributed by atoms with Crippen LogP contribution in [-0.4, -0.2) is 29.3 Å². The highest BCUT2D eigenvalue weighted by Crippen LogP contribution is 2.29. The molecule has 27 heavy (non-hydrogen) atoms. The first-order chi connectivity index (χ1) is 12.8. The van der Waals surface area contributed by atoms with Crippen molar-refractivity contribution in [2.45, 2.75) is 19.4 Å². The quantitative estimate of drug-likeness (QED) is 0.815. The van der Waals surface area contributed by atoms with E-state index in [1.54, 1.807) is 43.3 Å². The van der Waals surface area contributed by atoms with Crippen LogP contribution in [-0.2, 0) is 15.1 Å². The lowest BCUT2D eigenvalue weighted by Gasteiger charge is -2.22. The molecule has 1 aliphatic heterocycles. The smallest absolute Gasteiger partial charge is 0.325 e. The molecular formula is C20H18N4O3. The van der Waals surface area contributed by atoms with E-state index in [9.17, 15) is 14.4 Å². The molecule has 1 heterocycles. The van der Waals surface area contributed by atoms with Crippen molar-refractivity contribution in [1.82, 2.24) is 10.2 Å². The van der Waals surface area contributed by atoms with Crippen LogP contribution in [0.3, 0.4) is 0 Å². The summed E-state index contributed by atoms with van der Waals surface area (Å²) in [5, 5.41) is 14.2. The van der Waals surface area contributed by atoms with E-state index in [0.29, 0.717) is 16.8 Å². The fourth-order valence-electron chi connectivity index (χ4n) is 2.90. The molecule has 0 aliphatic carbocycles. The zero-order valence-electron chi connectivity index (χ0n) is 14.9. The summed E-state index contributed by atoms with van der Waals surface area (Å²) in [5.74, 6) is -0.984. The number of hydrogen-bond donors (Lipinski definition) is 2. The highest BCUT2D eigenvalue weighted by molar-refractivity contribution is 6.10. The zero-order valence-corrected chi connectivity index (χ0v) is 14.9. The summed E-state index contributed by atoms with van der Waals surface area (Å²) in [4.78, 5) is 38.3. The van der Waals surface area contributed by atoms with Gasteiger partial charge in [0.2, 0.25) is 5.91 Å². The molecule has 2 aromatic rings. The third-order valence-corrected chi connectivity index (χ3v) is 4.50. The predicted octanol–water partition coefficient (Wildman–Crippen LogP) is 2.27. The third-order valence-electron chi connectivity index (χ3n) is 4.50. The summed E-state index contributed by atoms with van der Waals surface area (Å²) in [7, 11) is 0. The molecule has 7 heteroatoms. The molecule has 1 atom stereocenters. The molecule has 1 fully saturated rings. The monoisotopic (exact) mass is 362 g/mol. The Balaban J connectivity index is 1.74. The van der Waals surface area contributed by atoms with Gasteiger partial charge in [-0.05, 0) is 43.7 Å². The minimum absolute atomic E-state index is 0.385. The lowest BCUT2D eigenvalue weighted by molar-refractivity contribution is -0.133. The van der Waals surface area contributed by atoms with Crippen LogP contribution in [0.2, 0.25) is 0 Å². The number of anilines is 1. The lowest BCUT2D eigenvalue weighted by atomic mass is 9.91. The van der Waals surface area contributed by atoms with Crippen LogP contribution in [0, 0.1) is 18.3 Å². The number of carbonyl (C=O) groups is 3. The average molecular weight is 362 g/mol. The molecular weight excluding hydrogens is 344 g/mol. The first-order valence-electron chi connectivity index (χ1n) is 8.35. The largest absolute Gasteiger partial charge is 0.325 e. The fourth-order valence-corrected chi connectivity index (χ4v) is 2.90. The summed E-state index contributed by atoms with van der Waals surface area (Å²) < 4.78 is 0. The molecule has 7 nitrogen and oxygen atoms in total. The minimum Gasteiger partial charge on any atom is -0.325 e. The number of nitriles is 1. The van der Waals surface area contributed by atoms with Gasteiger partial charge < -0.3 is 10.6 Å². The molecule has 0 aromatic heterocycles. The van der Waals surface area contributed by atoms with Gasteiger partial charge in [0, 0.05) is 5.69 Å². The standard InChI is InChI=1S/C20H18N4O3/c1-13-3-9-16(10-4-13)22-17(25)12-24-18(26)20(2,23-19(24)27)15-7-5-14(11-21)6-8-15/h3-10H,12H2,1-2H3,(H,22,25)(H,23,27). The van der Waals surface area contributed by atoms with Gasteiger partial charge in [0.15, 0.2) is 0 Å². The van der Waals surface area contributed by atoms with Crippen molar-refractivity contribution < 1.29 is 14.4 Å². The second kappa shape index (κ2) is 6.92. The second-order valence-electron chi connectivity index (χ2n) is 6.55. The number of amides is 4. The number of benzene rings is 2. The summed E-state index contributed by atoms with van der Waals surface area (Å²) >= 11 is 0. The Morgan fingerprint density at radius 2 is 1.78 bits per heavy atom.